The molecule has 0 aliphatic heterocycles. The lowest BCUT2D eigenvalue weighted by molar-refractivity contribution is 0.102. The summed E-state index contributed by atoms with van der Waals surface area (Å²) in [6.07, 6.45) is 0. The van der Waals surface area contributed by atoms with E-state index in [9.17, 15) is 9.90 Å². The number of phenolic OH excluding ortho intramolecular Hbond substituents is 1. The lowest BCUT2D eigenvalue weighted by atomic mass is 10.1. The van der Waals surface area contributed by atoms with Crippen molar-refractivity contribution in [3.8, 4) is 17.2 Å². The summed E-state index contributed by atoms with van der Waals surface area (Å²) in [6, 6.07) is 17.3. The molecule has 0 saturated carbocycles. The number of carbonyl (C=O) groups is 1. The Bertz CT molecular complexity index is 1150. The van der Waals surface area contributed by atoms with Crippen LogP contribution in [0.3, 0.4) is 0 Å². The largest absolute Gasteiger partial charge is 0.507 e. The Morgan fingerprint density at radius 3 is 2.67 bits per heavy atom. The van der Waals surface area contributed by atoms with Gasteiger partial charge in [0.05, 0.1) is 5.56 Å². The van der Waals surface area contributed by atoms with Gasteiger partial charge >= 0.3 is 0 Å². The second kappa shape index (κ2) is 6.78. The zero-order valence-electron chi connectivity index (χ0n) is 14.4. The van der Waals surface area contributed by atoms with Crippen LogP contribution in [0.5, 0.6) is 5.75 Å². The van der Waals surface area contributed by atoms with Crippen LogP contribution in [-0.2, 0) is 0 Å². The number of amides is 1. The molecule has 0 aliphatic rings. The summed E-state index contributed by atoms with van der Waals surface area (Å²) < 4.78 is 5.75. The number of benzene rings is 3. The van der Waals surface area contributed by atoms with Crippen LogP contribution in [0, 0.1) is 6.92 Å². The average molecular weight is 379 g/mol. The molecule has 3 aromatic carbocycles. The Hall–Kier alpha value is -3.31. The number of oxazole rings is 1. The zero-order valence-corrected chi connectivity index (χ0v) is 15.1. The average Bonchev–Trinajstić information content (AvgIpc) is 3.08. The number of hydrogen-bond donors (Lipinski definition) is 2. The van der Waals surface area contributed by atoms with E-state index < -0.39 is 0 Å². The van der Waals surface area contributed by atoms with Crippen LogP contribution in [0.4, 0.5) is 5.69 Å². The molecular weight excluding hydrogens is 364 g/mol. The summed E-state index contributed by atoms with van der Waals surface area (Å²) in [7, 11) is 0. The molecule has 5 nitrogen and oxygen atoms in total. The van der Waals surface area contributed by atoms with Crippen molar-refractivity contribution in [2.75, 3.05) is 5.32 Å². The monoisotopic (exact) mass is 378 g/mol. The number of nitrogens with zero attached hydrogens (tertiary/aromatic N) is 1. The van der Waals surface area contributed by atoms with Crippen LogP contribution in [0.1, 0.15) is 15.9 Å². The minimum atomic E-state index is -0.240. The van der Waals surface area contributed by atoms with Gasteiger partial charge in [0.1, 0.15) is 11.3 Å². The van der Waals surface area contributed by atoms with Gasteiger partial charge in [-0.3, -0.25) is 4.79 Å². The van der Waals surface area contributed by atoms with E-state index in [4.69, 9.17) is 16.0 Å². The smallest absolute Gasteiger partial charge is 0.255 e. The second-order valence-electron chi connectivity index (χ2n) is 6.14. The number of hydrogen-bond acceptors (Lipinski definition) is 4. The lowest BCUT2D eigenvalue weighted by Gasteiger charge is -2.10. The summed E-state index contributed by atoms with van der Waals surface area (Å²) in [5, 5.41) is 13.9. The Morgan fingerprint density at radius 1 is 1.11 bits per heavy atom. The van der Waals surface area contributed by atoms with E-state index in [0.717, 1.165) is 0 Å². The van der Waals surface area contributed by atoms with E-state index >= 15 is 0 Å². The Kier molecular flexibility index (Phi) is 4.30. The number of carbonyl (C=O) groups excluding carboxylic acids is 1. The van der Waals surface area contributed by atoms with E-state index in [1.165, 1.54) is 0 Å². The zero-order chi connectivity index (χ0) is 19.0. The topological polar surface area (TPSA) is 75.4 Å². The van der Waals surface area contributed by atoms with Crippen molar-refractivity contribution < 1.29 is 14.3 Å². The maximum Gasteiger partial charge on any atom is 0.255 e. The number of aromatic hydroxyl groups is 1. The van der Waals surface area contributed by atoms with Gasteiger partial charge in [-0.05, 0) is 55.0 Å². The van der Waals surface area contributed by atoms with Crippen molar-refractivity contribution in [1.82, 2.24) is 4.98 Å². The molecule has 0 saturated heterocycles. The highest BCUT2D eigenvalue weighted by Crippen LogP contribution is 2.36. The maximum atomic E-state index is 12.4. The van der Waals surface area contributed by atoms with Gasteiger partial charge in [0, 0.05) is 16.3 Å². The van der Waals surface area contributed by atoms with Crippen LogP contribution in [-0.4, -0.2) is 16.0 Å². The van der Waals surface area contributed by atoms with E-state index in [1.54, 1.807) is 61.5 Å². The molecule has 2 N–H and O–H groups in total. The molecule has 0 unspecified atom stereocenters. The normalized spacial score (nSPS) is 10.9. The van der Waals surface area contributed by atoms with Gasteiger partial charge in [-0.15, -0.1) is 0 Å². The fraction of sp³-hybridized carbons (Fsp3) is 0.0476. The molecule has 6 heteroatoms. The molecule has 0 atom stereocenters. The highest BCUT2D eigenvalue weighted by atomic mass is 35.5. The van der Waals surface area contributed by atoms with E-state index in [-0.39, 0.29) is 17.5 Å². The molecule has 1 amide bonds. The predicted octanol–water partition coefficient (Wildman–Crippen LogP) is 5.41. The number of rotatable bonds is 3. The van der Waals surface area contributed by atoms with Crippen molar-refractivity contribution in [3.63, 3.8) is 0 Å². The van der Waals surface area contributed by atoms with Gasteiger partial charge in [-0.2, -0.15) is 0 Å². The van der Waals surface area contributed by atoms with Crippen LogP contribution < -0.4 is 5.32 Å². The molecule has 0 radical (unpaired) electrons. The third-order valence-electron chi connectivity index (χ3n) is 4.17. The Balaban J connectivity index is 1.73. The van der Waals surface area contributed by atoms with E-state index in [1.807, 2.05) is 6.07 Å². The SMILES string of the molecule is Cc1cc(NC(=O)c2ccccc2)cc(-c2nc3cc(Cl)ccc3o2)c1O. The second-order valence-corrected chi connectivity index (χ2v) is 6.58. The standard InChI is InChI=1S/C21H15ClN2O3/c1-12-9-15(23-20(26)13-5-3-2-4-6-13)11-16(19(12)25)21-24-17-10-14(22)7-8-18(17)27-21/h2-11,25H,1H3,(H,23,26). The van der Waals surface area contributed by atoms with Crippen molar-refractivity contribution in [1.29, 1.82) is 0 Å². The first-order valence-electron chi connectivity index (χ1n) is 8.28. The van der Waals surface area contributed by atoms with Gasteiger partial charge in [0.15, 0.2) is 5.58 Å². The highest BCUT2D eigenvalue weighted by Gasteiger charge is 2.17. The third-order valence-corrected chi connectivity index (χ3v) is 4.41. The number of fused-ring (bicyclic) bond motifs is 1. The van der Waals surface area contributed by atoms with Crippen LogP contribution in [0.15, 0.2) is 65.1 Å². The maximum absolute atomic E-state index is 12.4. The molecule has 1 heterocycles. The van der Waals surface area contributed by atoms with Crippen LogP contribution in [0.25, 0.3) is 22.6 Å². The summed E-state index contributed by atoms with van der Waals surface area (Å²) in [4.78, 5) is 16.8. The first-order chi connectivity index (χ1) is 13.0. The Morgan fingerprint density at radius 2 is 1.89 bits per heavy atom. The number of phenols is 1. The molecule has 0 spiro atoms. The lowest BCUT2D eigenvalue weighted by Crippen LogP contribution is -2.11. The van der Waals surface area contributed by atoms with Crippen molar-refractivity contribution in [2.45, 2.75) is 6.92 Å². The molecule has 134 valence electrons. The Labute approximate surface area is 160 Å². The van der Waals surface area contributed by atoms with E-state index in [0.29, 0.717) is 38.5 Å². The molecule has 1 aromatic heterocycles. The molecular formula is C21H15ClN2O3. The molecule has 0 fully saturated rings. The van der Waals surface area contributed by atoms with Crippen molar-refractivity contribution in [3.05, 3.63) is 76.8 Å². The van der Waals surface area contributed by atoms with Gasteiger partial charge in [0.2, 0.25) is 5.89 Å². The first-order valence-corrected chi connectivity index (χ1v) is 8.65. The number of halogens is 1. The van der Waals surface area contributed by atoms with E-state index in [2.05, 4.69) is 10.3 Å². The van der Waals surface area contributed by atoms with Gasteiger partial charge < -0.3 is 14.8 Å². The minimum absolute atomic E-state index is 0.0466. The summed E-state index contributed by atoms with van der Waals surface area (Å²) >= 11 is 5.99. The molecule has 0 aliphatic carbocycles. The van der Waals surface area contributed by atoms with Gasteiger partial charge in [0.25, 0.3) is 5.91 Å². The first kappa shape index (κ1) is 17.1. The number of aryl methyl sites for hydroxylation is 1. The number of aromatic nitrogens is 1. The third kappa shape index (κ3) is 3.37. The minimum Gasteiger partial charge on any atom is -0.507 e. The molecule has 4 rings (SSSR count). The summed E-state index contributed by atoms with van der Waals surface area (Å²) in [5.74, 6) is 0.0602. The van der Waals surface area contributed by atoms with Crippen LogP contribution >= 0.6 is 11.6 Å². The summed E-state index contributed by atoms with van der Waals surface area (Å²) in [5.41, 5.74) is 3.22. The highest BCUT2D eigenvalue weighted by molar-refractivity contribution is 6.31. The summed E-state index contributed by atoms with van der Waals surface area (Å²) in [6.45, 7) is 1.75. The van der Waals surface area contributed by atoms with Gasteiger partial charge in [-0.1, -0.05) is 29.8 Å². The van der Waals surface area contributed by atoms with Crippen molar-refractivity contribution in [2.24, 2.45) is 0 Å². The van der Waals surface area contributed by atoms with Gasteiger partial charge in [-0.25, -0.2) is 4.98 Å². The number of anilines is 1. The molecule has 4 aromatic rings. The molecule has 27 heavy (non-hydrogen) atoms. The fourth-order valence-electron chi connectivity index (χ4n) is 2.82. The van der Waals surface area contributed by atoms with Crippen molar-refractivity contribution >= 4 is 34.3 Å². The predicted molar refractivity (Wildman–Crippen MR) is 105 cm³/mol. The number of nitrogens with one attached hydrogen (secondary N) is 1. The quantitative estimate of drug-likeness (QED) is 0.467. The fourth-order valence-corrected chi connectivity index (χ4v) is 2.99. The molecule has 0 bridgehead atoms. The van der Waals surface area contributed by atoms with Crippen LogP contribution in [0.2, 0.25) is 5.02 Å².